The molecule has 0 spiro atoms. The Morgan fingerprint density at radius 1 is 1.50 bits per heavy atom. The molecule has 0 saturated carbocycles. The lowest BCUT2D eigenvalue weighted by atomic mass is 9.98. The van der Waals surface area contributed by atoms with Gasteiger partial charge >= 0.3 is 5.97 Å². The number of hydrogen-bond donors (Lipinski definition) is 2. The summed E-state index contributed by atoms with van der Waals surface area (Å²) >= 11 is 0. The van der Waals surface area contributed by atoms with Crippen LogP contribution < -0.4 is 10.6 Å². The van der Waals surface area contributed by atoms with E-state index in [2.05, 4.69) is 10.6 Å². The zero-order valence-electron chi connectivity index (χ0n) is 8.84. The minimum Gasteiger partial charge on any atom is -0.465 e. The topological polar surface area (TPSA) is 50.4 Å². The van der Waals surface area contributed by atoms with Crippen molar-refractivity contribution in [2.24, 2.45) is 5.92 Å². The monoisotopic (exact) mass is 200 g/mol. The van der Waals surface area contributed by atoms with Crippen molar-refractivity contribution in [1.29, 1.82) is 0 Å². The molecule has 0 atom stereocenters. The second kappa shape index (κ2) is 6.79. The number of carbonyl (C=O) groups excluding carboxylic acids is 1. The maximum Gasteiger partial charge on any atom is 0.319 e. The highest BCUT2D eigenvalue weighted by Gasteiger charge is 2.12. The molecule has 14 heavy (non-hydrogen) atoms. The van der Waals surface area contributed by atoms with Gasteiger partial charge in [-0.25, -0.2) is 0 Å². The van der Waals surface area contributed by atoms with E-state index in [-0.39, 0.29) is 5.97 Å². The molecule has 0 aliphatic carbocycles. The molecule has 1 aliphatic rings. The van der Waals surface area contributed by atoms with E-state index in [1.807, 2.05) is 6.92 Å². The Morgan fingerprint density at radius 2 is 2.21 bits per heavy atom. The quantitative estimate of drug-likeness (QED) is 0.620. The molecule has 1 rings (SSSR count). The summed E-state index contributed by atoms with van der Waals surface area (Å²) in [6.07, 6.45) is 2.41. The first-order valence-electron chi connectivity index (χ1n) is 5.40. The predicted molar refractivity (Wildman–Crippen MR) is 55.1 cm³/mol. The van der Waals surface area contributed by atoms with Crippen LogP contribution in [0.15, 0.2) is 0 Å². The van der Waals surface area contributed by atoms with Crippen molar-refractivity contribution in [1.82, 2.24) is 10.6 Å². The summed E-state index contributed by atoms with van der Waals surface area (Å²) in [5, 5.41) is 6.45. The number of nitrogens with one attached hydrogen (secondary N) is 2. The molecule has 0 radical (unpaired) electrons. The van der Waals surface area contributed by atoms with Crippen molar-refractivity contribution in [3.63, 3.8) is 0 Å². The van der Waals surface area contributed by atoms with Gasteiger partial charge in [-0.2, -0.15) is 0 Å². The summed E-state index contributed by atoms with van der Waals surface area (Å²) in [5.74, 6) is 0.562. The lowest BCUT2D eigenvalue weighted by Gasteiger charge is -2.22. The highest BCUT2D eigenvalue weighted by Crippen LogP contribution is 2.09. The van der Waals surface area contributed by atoms with Gasteiger partial charge in [-0.3, -0.25) is 4.79 Å². The van der Waals surface area contributed by atoms with Crippen LogP contribution in [-0.2, 0) is 9.53 Å². The van der Waals surface area contributed by atoms with E-state index in [1.54, 1.807) is 0 Å². The van der Waals surface area contributed by atoms with E-state index in [0.29, 0.717) is 19.1 Å². The molecule has 0 aromatic carbocycles. The van der Waals surface area contributed by atoms with Gasteiger partial charge in [0.1, 0.15) is 0 Å². The molecule has 0 bridgehead atoms. The van der Waals surface area contributed by atoms with Crippen LogP contribution >= 0.6 is 0 Å². The SMILES string of the molecule is CCOC(=O)CNCC1CCNCC1. The third kappa shape index (κ3) is 4.58. The summed E-state index contributed by atoms with van der Waals surface area (Å²) in [6, 6.07) is 0. The number of rotatable bonds is 5. The van der Waals surface area contributed by atoms with Crippen molar-refractivity contribution in [3.05, 3.63) is 0 Å². The molecule has 1 heterocycles. The number of ether oxygens (including phenoxy) is 1. The van der Waals surface area contributed by atoms with Gasteiger partial charge in [0.15, 0.2) is 0 Å². The van der Waals surface area contributed by atoms with Crippen LogP contribution in [0, 0.1) is 5.92 Å². The van der Waals surface area contributed by atoms with Crippen molar-refractivity contribution in [2.75, 3.05) is 32.8 Å². The molecule has 2 N–H and O–H groups in total. The van der Waals surface area contributed by atoms with Crippen LogP contribution in [-0.4, -0.2) is 38.8 Å². The summed E-state index contributed by atoms with van der Waals surface area (Å²) in [6.45, 7) is 5.77. The Balaban J connectivity index is 1.99. The average Bonchev–Trinajstić information content (AvgIpc) is 2.20. The van der Waals surface area contributed by atoms with Crippen molar-refractivity contribution in [2.45, 2.75) is 19.8 Å². The lowest BCUT2D eigenvalue weighted by molar-refractivity contribution is -0.142. The van der Waals surface area contributed by atoms with Gasteiger partial charge in [0.2, 0.25) is 0 Å². The van der Waals surface area contributed by atoms with Crippen LogP contribution in [0.4, 0.5) is 0 Å². The van der Waals surface area contributed by atoms with Gasteiger partial charge in [0, 0.05) is 0 Å². The minimum absolute atomic E-state index is 0.151. The fourth-order valence-corrected chi connectivity index (χ4v) is 1.68. The van der Waals surface area contributed by atoms with E-state index in [0.717, 1.165) is 19.6 Å². The van der Waals surface area contributed by atoms with E-state index in [4.69, 9.17) is 4.74 Å². The number of esters is 1. The number of carbonyl (C=O) groups is 1. The summed E-state index contributed by atoms with van der Waals surface area (Å²) < 4.78 is 4.82. The molecular weight excluding hydrogens is 180 g/mol. The van der Waals surface area contributed by atoms with Gasteiger partial charge in [0.25, 0.3) is 0 Å². The van der Waals surface area contributed by atoms with Crippen molar-refractivity contribution >= 4 is 5.97 Å². The fraction of sp³-hybridized carbons (Fsp3) is 0.900. The summed E-state index contributed by atoms with van der Waals surface area (Å²) in [7, 11) is 0. The maximum atomic E-state index is 11.0. The molecule has 4 heteroatoms. The molecule has 1 aliphatic heterocycles. The Morgan fingerprint density at radius 3 is 2.86 bits per heavy atom. The van der Waals surface area contributed by atoms with Crippen molar-refractivity contribution in [3.8, 4) is 0 Å². The first-order valence-corrected chi connectivity index (χ1v) is 5.40. The highest BCUT2D eigenvalue weighted by molar-refractivity contribution is 5.71. The van der Waals surface area contributed by atoms with Crippen LogP contribution in [0.2, 0.25) is 0 Å². The van der Waals surface area contributed by atoms with Gasteiger partial charge in [0.05, 0.1) is 13.2 Å². The summed E-state index contributed by atoms with van der Waals surface area (Å²) in [5.41, 5.74) is 0. The van der Waals surface area contributed by atoms with E-state index >= 15 is 0 Å². The van der Waals surface area contributed by atoms with Crippen molar-refractivity contribution < 1.29 is 9.53 Å². The zero-order chi connectivity index (χ0) is 10.2. The molecular formula is C10H20N2O2. The van der Waals surface area contributed by atoms with E-state index in [1.165, 1.54) is 12.8 Å². The standard InChI is InChI=1S/C10H20N2O2/c1-2-14-10(13)8-12-7-9-3-5-11-6-4-9/h9,11-12H,2-8H2,1H3. The molecule has 1 fully saturated rings. The first-order chi connectivity index (χ1) is 6.83. The van der Waals surface area contributed by atoms with Gasteiger partial charge in [-0.05, 0) is 45.3 Å². The molecule has 1 saturated heterocycles. The third-order valence-corrected chi connectivity index (χ3v) is 2.47. The van der Waals surface area contributed by atoms with Crippen LogP contribution in [0.1, 0.15) is 19.8 Å². The largest absolute Gasteiger partial charge is 0.465 e. The second-order valence-electron chi connectivity index (χ2n) is 3.63. The minimum atomic E-state index is -0.151. The van der Waals surface area contributed by atoms with Crippen LogP contribution in [0.3, 0.4) is 0 Å². The van der Waals surface area contributed by atoms with Gasteiger partial charge < -0.3 is 15.4 Å². The molecule has 4 nitrogen and oxygen atoms in total. The third-order valence-electron chi connectivity index (χ3n) is 2.47. The number of hydrogen-bond acceptors (Lipinski definition) is 4. The highest BCUT2D eigenvalue weighted by atomic mass is 16.5. The van der Waals surface area contributed by atoms with Crippen LogP contribution in [0.25, 0.3) is 0 Å². The van der Waals surface area contributed by atoms with Crippen LogP contribution in [0.5, 0.6) is 0 Å². The Bertz CT molecular complexity index is 168. The molecule has 0 aromatic rings. The zero-order valence-corrected chi connectivity index (χ0v) is 8.84. The Kier molecular flexibility index (Phi) is 5.56. The molecule has 0 aromatic heterocycles. The number of piperidine rings is 1. The molecule has 0 unspecified atom stereocenters. The maximum absolute atomic E-state index is 11.0. The Labute approximate surface area is 85.4 Å². The van der Waals surface area contributed by atoms with E-state index < -0.39 is 0 Å². The molecule has 82 valence electrons. The Hall–Kier alpha value is -0.610. The predicted octanol–water partition coefficient (Wildman–Crippen LogP) is 0.139. The smallest absolute Gasteiger partial charge is 0.319 e. The second-order valence-corrected chi connectivity index (χ2v) is 3.63. The van der Waals surface area contributed by atoms with E-state index in [9.17, 15) is 4.79 Å². The van der Waals surface area contributed by atoms with Gasteiger partial charge in [-0.15, -0.1) is 0 Å². The average molecular weight is 200 g/mol. The summed E-state index contributed by atoms with van der Waals surface area (Å²) in [4.78, 5) is 11.0. The first kappa shape index (κ1) is 11.5. The lowest BCUT2D eigenvalue weighted by Crippen LogP contribution is -2.35. The molecule has 0 amide bonds. The normalized spacial score (nSPS) is 18.1. The van der Waals surface area contributed by atoms with Gasteiger partial charge in [-0.1, -0.05) is 0 Å². The fourth-order valence-electron chi connectivity index (χ4n) is 1.68.